The van der Waals surface area contributed by atoms with Crippen LogP contribution in [-0.4, -0.2) is 20.8 Å². The van der Waals surface area contributed by atoms with E-state index in [1.165, 1.54) is 12.1 Å². The van der Waals surface area contributed by atoms with Gasteiger partial charge in [-0.2, -0.15) is 0 Å². The third kappa shape index (κ3) is 3.50. The summed E-state index contributed by atoms with van der Waals surface area (Å²) >= 11 is 0. The summed E-state index contributed by atoms with van der Waals surface area (Å²) in [5.74, 6) is -0.324. The van der Waals surface area contributed by atoms with Crippen molar-refractivity contribution in [1.82, 2.24) is 9.97 Å². The Labute approximate surface area is 182 Å². The van der Waals surface area contributed by atoms with Gasteiger partial charge in [0.1, 0.15) is 0 Å². The molecule has 0 saturated heterocycles. The molecular formula is C24H17N5O3. The minimum Gasteiger partial charge on any atom is -0.354 e. The Morgan fingerprint density at radius 2 is 1.84 bits per heavy atom. The molecule has 0 bridgehead atoms. The summed E-state index contributed by atoms with van der Waals surface area (Å²) in [4.78, 5) is 31.1. The number of hydrogen-bond acceptors (Lipinski definition) is 5. The van der Waals surface area contributed by atoms with Crippen LogP contribution in [0.5, 0.6) is 0 Å². The highest BCUT2D eigenvalue weighted by molar-refractivity contribution is 6.37. The summed E-state index contributed by atoms with van der Waals surface area (Å²) in [6, 6.07) is 21.4. The van der Waals surface area contributed by atoms with Crippen molar-refractivity contribution >= 4 is 34.2 Å². The van der Waals surface area contributed by atoms with Gasteiger partial charge in [0.15, 0.2) is 0 Å². The van der Waals surface area contributed by atoms with Gasteiger partial charge in [-0.15, -0.1) is 0 Å². The Morgan fingerprint density at radius 3 is 2.59 bits per heavy atom. The summed E-state index contributed by atoms with van der Waals surface area (Å²) in [7, 11) is 0. The summed E-state index contributed by atoms with van der Waals surface area (Å²) < 4.78 is 0. The maximum Gasteiger partial charge on any atom is 0.270 e. The number of hydrogen-bond donors (Lipinski definition) is 3. The van der Waals surface area contributed by atoms with Crippen LogP contribution in [0, 0.1) is 10.1 Å². The second kappa shape index (κ2) is 7.84. The van der Waals surface area contributed by atoms with Crippen LogP contribution in [0.25, 0.3) is 22.5 Å². The third-order valence-electron chi connectivity index (χ3n) is 5.20. The number of nitro benzene ring substituents is 1. The minimum atomic E-state index is -0.469. The number of carbonyl (C=O) groups excluding carboxylic acids is 1. The predicted molar refractivity (Wildman–Crippen MR) is 123 cm³/mol. The van der Waals surface area contributed by atoms with Crippen LogP contribution in [0.1, 0.15) is 11.1 Å². The Morgan fingerprint density at radius 1 is 1.00 bits per heavy atom. The van der Waals surface area contributed by atoms with E-state index < -0.39 is 4.92 Å². The van der Waals surface area contributed by atoms with E-state index >= 15 is 0 Å². The average Bonchev–Trinajstić information content (AvgIpc) is 3.45. The van der Waals surface area contributed by atoms with E-state index in [2.05, 4.69) is 20.6 Å². The fourth-order valence-electron chi connectivity index (χ4n) is 3.72. The smallest absolute Gasteiger partial charge is 0.270 e. The first kappa shape index (κ1) is 19.3. The molecule has 2 heterocycles. The van der Waals surface area contributed by atoms with Crippen molar-refractivity contribution in [3.05, 3.63) is 107 Å². The molecule has 0 spiro atoms. The molecule has 3 N–H and O–H groups in total. The van der Waals surface area contributed by atoms with Crippen LogP contribution in [0.2, 0.25) is 0 Å². The number of aromatic nitrogens is 2. The fourth-order valence-corrected chi connectivity index (χ4v) is 3.72. The first-order valence-electron chi connectivity index (χ1n) is 9.86. The van der Waals surface area contributed by atoms with E-state index in [0.29, 0.717) is 22.5 Å². The second-order valence-electron chi connectivity index (χ2n) is 7.22. The van der Waals surface area contributed by atoms with Crippen molar-refractivity contribution in [1.29, 1.82) is 0 Å². The van der Waals surface area contributed by atoms with E-state index in [4.69, 9.17) is 0 Å². The number of H-pyrrole nitrogens is 1. The first-order chi connectivity index (χ1) is 15.6. The van der Waals surface area contributed by atoms with Gasteiger partial charge < -0.3 is 15.6 Å². The molecule has 32 heavy (non-hydrogen) atoms. The summed E-state index contributed by atoms with van der Waals surface area (Å²) in [5.41, 5.74) is 5.08. The first-order valence-corrected chi connectivity index (χ1v) is 9.86. The summed E-state index contributed by atoms with van der Waals surface area (Å²) in [5, 5.41) is 17.5. The zero-order chi connectivity index (χ0) is 22.1. The number of benzene rings is 3. The van der Waals surface area contributed by atoms with Crippen molar-refractivity contribution in [2.75, 3.05) is 10.6 Å². The molecule has 8 heteroatoms. The molecule has 3 aromatic carbocycles. The second-order valence-corrected chi connectivity index (χ2v) is 7.22. The molecule has 156 valence electrons. The van der Waals surface area contributed by atoms with Crippen LogP contribution in [0.4, 0.5) is 17.1 Å². The van der Waals surface area contributed by atoms with Crippen LogP contribution in [0.3, 0.4) is 0 Å². The molecule has 0 unspecified atom stereocenters. The maximum atomic E-state index is 13.0. The van der Waals surface area contributed by atoms with Crippen molar-refractivity contribution in [3.63, 3.8) is 0 Å². The predicted octanol–water partition coefficient (Wildman–Crippen LogP) is 4.92. The molecule has 0 fully saturated rings. The highest BCUT2D eigenvalue weighted by Crippen LogP contribution is 2.39. The normalized spacial score (nSPS) is 13.9. The molecule has 5 rings (SSSR count). The molecule has 0 atom stereocenters. The molecule has 0 radical (unpaired) electrons. The van der Waals surface area contributed by atoms with Crippen molar-refractivity contribution in [2.45, 2.75) is 0 Å². The monoisotopic (exact) mass is 423 g/mol. The topological polar surface area (TPSA) is 113 Å². The van der Waals surface area contributed by atoms with Gasteiger partial charge in [0.25, 0.3) is 11.6 Å². The van der Waals surface area contributed by atoms with E-state index in [1.807, 2.05) is 54.6 Å². The molecule has 0 aliphatic carbocycles. The van der Waals surface area contributed by atoms with E-state index in [1.54, 1.807) is 18.6 Å². The van der Waals surface area contributed by atoms with E-state index in [-0.39, 0.29) is 11.6 Å². The van der Waals surface area contributed by atoms with Gasteiger partial charge in [-0.1, -0.05) is 42.5 Å². The number of anilines is 2. The SMILES string of the molecule is O=C1Nc2ccc([N+](=O)[O-])cc2/C1=C(/Nc1cccc(-c2c[nH]cn2)c1)c1ccccc1. The number of fused-ring (bicyclic) bond motifs is 1. The van der Waals surface area contributed by atoms with Crippen molar-refractivity contribution in [2.24, 2.45) is 0 Å². The summed E-state index contributed by atoms with van der Waals surface area (Å²) in [6.07, 6.45) is 3.41. The largest absolute Gasteiger partial charge is 0.354 e. The van der Waals surface area contributed by atoms with Gasteiger partial charge in [-0.05, 0) is 23.8 Å². The molecule has 1 aromatic heterocycles. The standard InChI is InChI=1S/C24H17N5O3/c30-24-22(19-12-18(29(31)32)9-10-20(19)28-24)23(15-5-2-1-3-6-15)27-17-8-4-7-16(11-17)21-13-25-14-26-21/h1-14,27H,(H,25,26)(H,28,30)/b23-22-. The summed E-state index contributed by atoms with van der Waals surface area (Å²) in [6.45, 7) is 0. The number of nitro groups is 1. The molecule has 8 nitrogen and oxygen atoms in total. The van der Waals surface area contributed by atoms with Gasteiger partial charge >= 0.3 is 0 Å². The lowest BCUT2D eigenvalue weighted by Crippen LogP contribution is -2.10. The number of nitrogens with zero attached hydrogens (tertiary/aromatic N) is 2. The third-order valence-corrected chi connectivity index (χ3v) is 5.20. The average molecular weight is 423 g/mol. The maximum absolute atomic E-state index is 13.0. The van der Waals surface area contributed by atoms with Gasteiger partial charge in [-0.3, -0.25) is 14.9 Å². The van der Waals surface area contributed by atoms with Crippen LogP contribution >= 0.6 is 0 Å². The lowest BCUT2D eigenvalue weighted by Gasteiger charge is -2.15. The van der Waals surface area contributed by atoms with Crippen LogP contribution < -0.4 is 10.6 Å². The fraction of sp³-hybridized carbons (Fsp3) is 0. The Kier molecular flexibility index (Phi) is 4.72. The quantitative estimate of drug-likeness (QED) is 0.240. The van der Waals surface area contributed by atoms with E-state index in [0.717, 1.165) is 22.5 Å². The van der Waals surface area contributed by atoms with Crippen molar-refractivity contribution < 1.29 is 9.72 Å². The molecular weight excluding hydrogens is 406 g/mol. The van der Waals surface area contributed by atoms with Gasteiger partial charge in [0.05, 0.1) is 28.2 Å². The molecule has 0 saturated carbocycles. The Balaban J connectivity index is 1.66. The van der Waals surface area contributed by atoms with Crippen molar-refractivity contribution in [3.8, 4) is 11.3 Å². The number of amides is 1. The zero-order valence-corrected chi connectivity index (χ0v) is 16.7. The zero-order valence-electron chi connectivity index (χ0n) is 16.7. The lowest BCUT2D eigenvalue weighted by molar-refractivity contribution is -0.384. The number of rotatable bonds is 5. The Hall–Kier alpha value is -4.72. The highest BCUT2D eigenvalue weighted by Gasteiger charge is 2.30. The van der Waals surface area contributed by atoms with Crippen LogP contribution in [0.15, 0.2) is 85.3 Å². The number of imidazole rings is 1. The molecule has 4 aromatic rings. The number of aromatic amines is 1. The minimum absolute atomic E-state index is 0.0781. The van der Waals surface area contributed by atoms with E-state index in [9.17, 15) is 14.9 Å². The van der Waals surface area contributed by atoms with Gasteiger partial charge in [0.2, 0.25) is 0 Å². The van der Waals surface area contributed by atoms with Gasteiger partial charge in [-0.25, -0.2) is 4.98 Å². The molecule has 1 aliphatic rings. The lowest BCUT2D eigenvalue weighted by atomic mass is 9.99. The number of carbonyl (C=O) groups is 1. The molecule has 1 amide bonds. The van der Waals surface area contributed by atoms with Crippen LogP contribution in [-0.2, 0) is 4.79 Å². The number of nitrogens with one attached hydrogen (secondary N) is 3. The molecule has 1 aliphatic heterocycles. The van der Waals surface area contributed by atoms with Gasteiger partial charge in [0, 0.05) is 40.8 Å². The highest BCUT2D eigenvalue weighted by atomic mass is 16.6. The number of non-ortho nitro benzene ring substituents is 1. The Bertz CT molecular complexity index is 1360.